The van der Waals surface area contributed by atoms with Crippen LogP contribution in [0.25, 0.3) is 0 Å². The van der Waals surface area contributed by atoms with Crippen LogP contribution in [0.3, 0.4) is 0 Å². The van der Waals surface area contributed by atoms with Crippen LogP contribution < -0.4 is 9.47 Å². The summed E-state index contributed by atoms with van der Waals surface area (Å²) in [5.74, 6) is 7.83. The number of unbranched alkanes of at least 4 members (excludes halogenated alkanes) is 1. The van der Waals surface area contributed by atoms with Crippen molar-refractivity contribution in [3.05, 3.63) is 24.3 Å². The van der Waals surface area contributed by atoms with Crippen molar-refractivity contribution in [2.45, 2.75) is 51.7 Å². The number of benzene rings is 1. The fraction of sp³-hybridized carbons (Fsp3) is 0.550. The van der Waals surface area contributed by atoms with E-state index in [0.717, 1.165) is 37.2 Å². The van der Waals surface area contributed by atoms with E-state index in [0.29, 0.717) is 11.7 Å². The molecule has 1 amide bonds. The predicted molar refractivity (Wildman–Crippen MR) is 97.3 cm³/mol. The Morgan fingerprint density at radius 3 is 2.58 bits per heavy atom. The highest BCUT2D eigenvalue weighted by Crippen LogP contribution is 2.31. The van der Waals surface area contributed by atoms with Gasteiger partial charge in [0.25, 0.3) is 0 Å². The second-order valence-electron chi connectivity index (χ2n) is 6.36. The maximum atomic E-state index is 11.6. The Morgan fingerprint density at radius 1 is 1.31 bits per heavy atom. The summed E-state index contributed by atoms with van der Waals surface area (Å²) in [6, 6.07) is 6.89. The minimum Gasteiger partial charge on any atom is -0.497 e. The fourth-order valence-corrected chi connectivity index (χ4v) is 2.45. The van der Waals surface area contributed by atoms with E-state index in [-0.39, 0.29) is 12.0 Å². The van der Waals surface area contributed by atoms with Gasteiger partial charge in [-0.15, -0.1) is 0 Å². The van der Waals surface area contributed by atoms with Gasteiger partial charge in [0.1, 0.15) is 23.6 Å². The maximum Gasteiger partial charge on any atom is 0.434 e. The number of carbonyl (C=O) groups is 1. The average molecular weight is 361 g/mol. The molecule has 6 nitrogen and oxygen atoms in total. The quantitative estimate of drug-likeness (QED) is 0.346. The minimum absolute atomic E-state index is 0.141. The molecule has 1 N–H and O–H groups in total. The van der Waals surface area contributed by atoms with Crippen LogP contribution in [0.5, 0.6) is 11.5 Å². The molecule has 0 saturated heterocycles. The van der Waals surface area contributed by atoms with Gasteiger partial charge in [-0.1, -0.05) is 25.2 Å². The summed E-state index contributed by atoms with van der Waals surface area (Å²) in [6.07, 6.45) is 2.75. The molecule has 1 saturated carbocycles. The van der Waals surface area contributed by atoms with Crippen LogP contribution in [-0.4, -0.2) is 42.2 Å². The van der Waals surface area contributed by atoms with Crippen molar-refractivity contribution in [2.75, 3.05) is 13.7 Å². The monoisotopic (exact) mass is 361 g/mol. The van der Waals surface area contributed by atoms with Crippen LogP contribution in [0.4, 0.5) is 4.79 Å². The molecule has 142 valence electrons. The van der Waals surface area contributed by atoms with E-state index in [1.54, 1.807) is 14.0 Å². The Balaban J connectivity index is 1.71. The number of hydrogen-bond acceptors (Lipinski definition) is 5. The highest BCUT2D eigenvalue weighted by Gasteiger charge is 2.30. The number of methoxy groups -OCH3 is 1. The molecule has 0 bridgehead atoms. The van der Waals surface area contributed by atoms with Gasteiger partial charge in [0.05, 0.1) is 13.7 Å². The third kappa shape index (κ3) is 5.85. The normalized spacial score (nSPS) is 19.4. The first-order valence-corrected chi connectivity index (χ1v) is 9.00. The first-order valence-electron chi connectivity index (χ1n) is 9.00. The van der Waals surface area contributed by atoms with Gasteiger partial charge in [0.15, 0.2) is 0 Å². The summed E-state index contributed by atoms with van der Waals surface area (Å²) in [5, 5.41) is 10.3. The molecule has 1 unspecified atom stereocenters. The lowest BCUT2D eigenvalue weighted by molar-refractivity contribution is -0.0867. The van der Waals surface area contributed by atoms with Crippen LogP contribution >= 0.6 is 0 Å². The molecule has 0 radical (unpaired) electrons. The van der Waals surface area contributed by atoms with Gasteiger partial charge in [0, 0.05) is 5.92 Å². The van der Waals surface area contributed by atoms with Crippen molar-refractivity contribution in [1.82, 2.24) is 5.06 Å². The van der Waals surface area contributed by atoms with Gasteiger partial charge in [-0.2, -0.15) is 5.06 Å². The molecule has 0 aromatic heterocycles. The van der Waals surface area contributed by atoms with E-state index < -0.39 is 12.1 Å². The molecule has 1 aromatic carbocycles. The lowest BCUT2D eigenvalue weighted by Crippen LogP contribution is -2.36. The number of hydroxylamine groups is 2. The van der Waals surface area contributed by atoms with Crippen molar-refractivity contribution in [1.29, 1.82) is 0 Å². The standard InChI is InChI=1S/C20H27NO5/c1-4-5-12-25-20(22)21(23)15(2)6-7-16-13-19(14-16)26-18-10-8-17(24-3)9-11-18/h8-11,15-16,19,23H,4-5,12-14H2,1-3H3. The number of ether oxygens (including phenoxy) is 3. The number of amides is 1. The minimum atomic E-state index is -0.755. The molecule has 6 heteroatoms. The van der Waals surface area contributed by atoms with Crippen molar-refractivity contribution >= 4 is 6.09 Å². The van der Waals surface area contributed by atoms with Crippen molar-refractivity contribution < 1.29 is 24.2 Å². The summed E-state index contributed by atoms with van der Waals surface area (Å²) >= 11 is 0. The summed E-state index contributed by atoms with van der Waals surface area (Å²) < 4.78 is 15.9. The number of rotatable bonds is 7. The first-order chi connectivity index (χ1) is 12.5. The van der Waals surface area contributed by atoms with Gasteiger partial charge in [-0.05, 0) is 50.5 Å². The first kappa shape index (κ1) is 19.9. The Bertz CT molecular complexity index is 628. The van der Waals surface area contributed by atoms with E-state index in [2.05, 4.69) is 11.8 Å². The topological polar surface area (TPSA) is 68.2 Å². The lowest BCUT2D eigenvalue weighted by Gasteiger charge is -2.32. The highest BCUT2D eigenvalue weighted by molar-refractivity contribution is 5.66. The van der Waals surface area contributed by atoms with Gasteiger partial charge in [0.2, 0.25) is 0 Å². The van der Waals surface area contributed by atoms with E-state index in [1.807, 2.05) is 31.2 Å². The van der Waals surface area contributed by atoms with Crippen LogP contribution in [-0.2, 0) is 4.74 Å². The molecular weight excluding hydrogens is 334 g/mol. The smallest absolute Gasteiger partial charge is 0.434 e. The second-order valence-corrected chi connectivity index (χ2v) is 6.36. The molecule has 0 aliphatic heterocycles. The maximum absolute atomic E-state index is 11.6. The fourth-order valence-electron chi connectivity index (χ4n) is 2.45. The zero-order valence-corrected chi connectivity index (χ0v) is 15.6. The highest BCUT2D eigenvalue weighted by atomic mass is 16.6. The van der Waals surface area contributed by atoms with Crippen LogP contribution in [0, 0.1) is 17.8 Å². The van der Waals surface area contributed by atoms with Crippen molar-refractivity contribution in [3.8, 4) is 23.3 Å². The van der Waals surface area contributed by atoms with E-state index >= 15 is 0 Å². The van der Waals surface area contributed by atoms with Crippen LogP contribution in [0.1, 0.15) is 39.5 Å². The molecule has 26 heavy (non-hydrogen) atoms. The molecule has 1 aromatic rings. The van der Waals surface area contributed by atoms with E-state index in [1.165, 1.54) is 0 Å². The largest absolute Gasteiger partial charge is 0.497 e. The molecular formula is C20H27NO5. The van der Waals surface area contributed by atoms with E-state index in [4.69, 9.17) is 14.2 Å². The number of hydrogen-bond donors (Lipinski definition) is 1. The SMILES string of the molecule is CCCCOC(=O)N(O)C(C)C#CC1CC(Oc2ccc(OC)cc2)C1. The van der Waals surface area contributed by atoms with Gasteiger partial charge in [-0.3, -0.25) is 5.21 Å². The summed E-state index contributed by atoms with van der Waals surface area (Å²) in [6.45, 7) is 3.97. The van der Waals surface area contributed by atoms with Crippen molar-refractivity contribution in [2.24, 2.45) is 5.92 Å². The van der Waals surface area contributed by atoms with Crippen LogP contribution in [0.15, 0.2) is 24.3 Å². The Morgan fingerprint density at radius 2 is 1.96 bits per heavy atom. The Labute approximate surface area is 155 Å². The molecule has 0 spiro atoms. The molecule has 1 aliphatic rings. The summed E-state index contributed by atoms with van der Waals surface area (Å²) in [7, 11) is 1.63. The second kappa shape index (κ2) is 9.93. The molecule has 0 heterocycles. The van der Waals surface area contributed by atoms with Crippen molar-refractivity contribution in [3.63, 3.8) is 0 Å². The molecule has 2 rings (SSSR count). The molecule has 1 aliphatic carbocycles. The lowest BCUT2D eigenvalue weighted by atomic mass is 9.82. The third-order valence-corrected chi connectivity index (χ3v) is 4.23. The Hall–Kier alpha value is -2.39. The van der Waals surface area contributed by atoms with Gasteiger partial charge in [-0.25, -0.2) is 4.79 Å². The third-order valence-electron chi connectivity index (χ3n) is 4.23. The van der Waals surface area contributed by atoms with Crippen LogP contribution in [0.2, 0.25) is 0 Å². The average Bonchev–Trinajstić information content (AvgIpc) is 2.63. The number of nitrogens with zero attached hydrogens (tertiary/aromatic N) is 1. The molecule has 1 atom stereocenters. The predicted octanol–water partition coefficient (Wildman–Crippen LogP) is 3.87. The number of carbonyl (C=O) groups excluding carboxylic acids is 1. The Kier molecular flexibility index (Phi) is 7.61. The molecule has 1 fully saturated rings. The van der Waals surface area contributed by atoms with Gasteiger partial charge >= 0.3 is 6.09 Å². The zero-order chi connectivity index (χ0) is 18.9. The van der Waals surface area contributed by atoms with E-state index in [9.17, 15) is 10.0 Å². The van der Waals surface area contributed by atoms with Gasteiger partial charge < -0.3 is 14.2 Å². The summed E-state index contributed by atoms with van der Waals surface area (Å²) in [4.78, 5) is 11.6. The zero-order valence-electron chi connectivity index (χ0n) is 15.6. The summed E-state index contributed by atoms with van der Waals surface area (Å²) in [5.41, 5.74) is 0.